The van der Waals surface area contributed by atoms with E-state index in [1.165, 1.54) is 0 Å². The minimum Gasteiger partial charge on any atom is -0.454 e. The topological polar surface area (TPSA) is 52.6 Å². The SMILES string of the molecule is O=C1CC(=O)c2cc3c(cc21)OCO3. The van der Waals surface area contributed by atoms with Gasteiger partial charge >= 0.3 is 0 Å². The number of ketones is 2. The van der Waals surface area contributed by atoms with Gasteiger partial charge in [0.25, 0.3) is 0 Å². The summed E-state index contributed by atoms with van der Waals surface area (Å²) in [5.41, 5.74) is 0.915. The molecule has 0 amide bonds. The van der Waals surface area contributed by atoms with Crippen LogP contribution in [-0.4, -0.2) is 18.4 Å². The van der Waals surface area contributed by atoms with E-state index >= 15 is 0 Å². The summed E-state index contributed by atoms with van der Waals surface area (Å²) >= 11 is 0. The molecule has 0 saturated heterocycles. The summed E-state index contributed by atoms with van der Waals surface area (Å²) in [7, 11) is 0. The second kappa shape index (κ2) is 2.35. The normalized spacial score (nSPS) is 17.4. The van der Waals surface area contributed by atoms with E-state index in [0.29, 0.717) is 22.6 Å². The maximum absolute atomic E-state index is 11.4. The van der Waals surface area contributed by atoms with Crippen molar-refractivity contribution in [1.82, 2.24) is 0 Å². The van der Waals surface area contributed by atoms with Crippen molar-refractivity contribution in [3.63, 3.8) is 0 Å². The largest absolute Gasteiger partial charge is 0.454 e. The van der Waals surface area contributed by atoms with Crippen LogP contribution in [0.25, 0.3) is 0 Å². The maximum Gasteiger partial charge on any atom is 0.231 e. The molecule has 0 atom stereocenters. The van der Waals surface area contributed by atoms with Gasteiger partial charge in [0, 0.05) is 11.1 Å². The third-order valence-electron chi connectivity index (χ3n) is 2.43. The molecule has 0 saturated carbocycles. The molecule has 0 bridgehead atoms. The van der Waals surface area contributed by atoms with Crippen molar-refractivity contribution < 1.29 is 19.1 Å². The smallest absolute Gasteiger partial charge is 0.231 e. The second-order valence-electron chi connectivity index (χ2n) is 3.27. The van der Waals surface area contributed by atoms with Crippen molar-refractivity contribution in [2.45, 2.75) is 6.42 Å². The Balaban J connectivity index is 2.26. The molecule has 4 heteroatoms. The Bertz CT molecular complexity index is 420. The molecule has 0 radical (unpaired) electrons. The van der Waals surface area contributed by atoms with Crippen LogP contribution in [0, 0.1) is 0 Å². The van der Waals surface area contributed by atoms with Crippen LogP contribution in [0.3, 0.4) is 0 Å². The van der Waals surface area contributed by atoms with E-state index in [2.05, 4.69) is 0 Å². The maximum atomic E-state index is 11.4. The van der Waals surface area contributed by atoms with Crippen molar-refractivity contribution in [2.24, 2.45) is 0 Å². The predicted molar refractivity (Wildman–Crippen MR) is 45.8 cm³/mol. The van der Waals surface area contributed by atoms with Crippen molar-refractivity contribution in [3.8, 4) is 11.5 Å². The van der Waals surface area contributed by atoms with E-state index in [1.54, 1.807) is 12.1 Å². The molecule has 0 aromatic heterocycles. The number of carbonyl (C=O) groups excluding carboxylic acids is 2. The molecule has 0 spiro atoms. The van der Waals surface area contributed by atoms with Crippen LogP contribution < -0.4 is 9.47 Å². The minimum absolute atomic E-state index is 0.0295. The molecule has 3 rings (SSSR count). The molecule has 4 nitrogen and oxygen atoms in total. The van der Waals surface area contributed by atoms with Crippen molar-refractivity contribution >= 4 is 11.6 Å². The summed E-state index contributed by atoms with van der Waals surface area (Å²) < 4.78 is 10.2. The summed E-state index contributed by atoms with van der Waals surface area (Å²) in [6.07, 6.45) is -0.0295. The molecule has 1 aliphatic carbocycles. The molecule has 0 fully saturated rings. The number of hydrogen-bond donors (Lipinski definition) is 0. The van der Waals surface area contributed by atoms with E-state index in [-0.39, 0.29) is 24.8 Å². The summed E-state index contributed by atoms with van der Waals surface area (Å²) in [6, 6.07) is 3.18. The van der Waals surface area contributed by atoms with Crippen LogP contribution in [0.1, 0.15) is 27.1 Å². The lowest BCUT2D eigenvalue weighted by molar-refractivity contribution is 0.0922. The van der Waals surface area contributed by atoms with Gasteiger partial charge in [0.1, 0.15) is 0 Å². The number of rotatable bonds is 0. The molecular weight excluding hydrogens is 184 g/mol. The van der Waals surface area contributed by atoms with E-state index in [9.17, 15) is 9.59 Å². The predicted octanol–water partition coefficient (Wildman–Crippen LogP) is 1.18. The van der Waals surface area contributed by atoms with Crippen molar-refractivity contribution in [3.05, 3.63) is 23.3 Å². The van der Waals surface area contributed by atoms with Crippen LogP contribution in [0.4, 0.5) is 0 Å². The van der Waals surface area contributed by atoms with Crippen molar-refractivity contribution in [1.29, 1.82) is 0 Å². The van der Waals surface area contributed by atoms with Gasteiger partial charge < -0.3 is 9.47 Å². The van der Waals surface area contributed by atoms with Gasteiger partial charge in [0.2, 0.25) is 6.79 Å². The summed E-state index contributed by atoms with van der Waals surface area (Å²) in [5.74, 6) is 0.824. The zero-order valence-corrected chi connectivity index (χ0v) is 7.20. The highest BCUT2D eigenvalue weighted by Crippen LogP contribution is 2.37. The first kappa shape index (κ1) is 7.55. The van der Waals surface area contributed by atoms with Gasteiger partial charge in [-0.05, 0) is 12.1 Å². The Morgan fingerprint density at radius 1 is 0.929 bits per heavy atom. The molecule has 1 aliphatic heterocycles. The van der Waals surface area contributed by atoms with Gasteiger partial charge in [-0.3, -0.25) is 9.59 Å². The van der Waals surface area contributed by atoms with Gasteiger partial charge in [0.15, 0.2) is 23.1 Å². The standard InChI is InChI=1S/C10H6O4/c11-7-3-8(12)6-2-10-9(1-5(6)7)13-4-14-10/h1-2H,3-4H2. The quantitative estimate of drug-likeness (QED) is 0.576. The van der Waals surface area contributed by atoms with Gasteiger partial charge in [-0.25, -0.2) is 0 Å². The minimum atomic E-state index is -0.136. The Labute approximate surface area is 79.4 Å². The van der Waals surface area contributed by atoms with Crippen LogP contribution in [0.5, 0.6) is 11.5 Å². The third-order valence-corrected chi connectivity index (χ3v) is 2.43. The highest BCUT2D eigenvalue weighted by molar-refractivity contribution is 6.24. The Hall–Kier alpha value is -1.84. The van der Waals surface area contributed by atoms with E-state index in [4.69, 9.17) is 9.47 Å². The average Bonchev–Trinajstić information content (AvgIpc) is 2.70. The molecule has 0 unspecified atom stereocenters. The van der Waals surface area contributed by atoms with Crippen molar-refractivity contribution in [2.75, 3.05) is 6.79 Å². The van der Waals surface area contributed by atoms with Crippen LogP contribution in [-0.2, 0) is 0 Å². The molecule has 14 heavy (non-hydrogen) atoms. The number of hydrogen-bond acceptors (Lipinski definition) is 4. The van der Waals surface area contributed by atoms with Gasteiger partial charge in [-0.15, -0.1) is 0 Å². The summed E-state index contributed by atoms with van der Waals surface area (Å²) in [5, 5.41) is 0. The number of benzene rings is 1. The number of carbonyl (C=O) groups is 2. The van der Waals surface area contributed by atoms with Crippen LogP contribution in [0.2, 0.25) is 0 Å². The number of ether oxygens (including phenoxy) is 2. The number of Topliss-reactive ketones (excluding diaryl/α,β-unsaturated/α-hetero) is 2. The molecule has 1 aromatic carbocycles. The first-order valence-electron chi connectivity index (χ1n) is 4.26. The van der Waals surface area contributed by atoms with Gasteiger partial charge in [0.05, 0.1) is 6.42 Å². The Kier molecular flexibility index (Phi) is 1.27. The number of fused-ring (bicyclic) bond motifs is 2. The fourth-order valence-electron chi connectivity index (χ4n) is 1.74. The molecule has 0 N–H and O–H groups in total. The highest BCUT2D eigenvalue weighted by Gasteiger charge is 2.30. The molecule has 1 heterocycles. The lowest BCUT2D eigenvalue weighted by Gasteiger charge is -1.98. The zero-order valence-electron chi connectivity index (χ0n) is 7.20. The lowest BCUT2D eigenvalue weighted by atomic mass is 10.1. The lowest BCUT2D eigenvalue weighted by Crippen LogP contribution is -1.94. The molecule has 1 aromatic rings. The zero-order chi connectivity index (χ0) is 9.71. The van der Waals surface area contributed by atoms with E-state index in [1.807, 2.05) is 0 Å². The Morgan fingerprint density at radius 2 is 1.43 bits per heavy atom. The fourth-order valence-corrected chi connectivity index (χ4v) is 1.74. The van der Waals surface area contributed by atoms with Gasteiger partial charge in [-0.2, -0.15) is 0 Å². The van der Waals surface area contributed by atoms with Crippen LogP contribution in [0.15, 0.2) is 12.1 Å². The highest BCUT2D eigenvalue weighted by atomic mass is 16.7. The molecule has 70 valence electrons. The van der Waals surface area contributed by atoms with Gasteiger partial charge in [-0.1, -0.05) is 0 Å². The first-order chi connectivity index (χ1) is 6.75. The third kappa shape index (κ3) is 0.824. The summed E-state index contributed by atoms with van der Waals surface area (Å²) in [4.78, 5) is 22.7. The van der Waals surface area contributed by atoms with E-state index < -0.39 is 0 Å². The van der Waals surface area contributed by atoms with Crippen LogP contribution >= 0.6 is 0 Å². The monoisotopic (exact) mass is 190 g/mol. The molecular formula is C10H6O4. The second-order valence-corrected chi connectivity index (χ2v) is 3.27. The van der Waals surface area contributed by atoms with E-state index in [0.717, 1.165) is 0 Å². The molecule has 2 aliphatic rings. The Morgan fingerprint density at radius 3 is 1.93 bits per heavy atom. The average molecular weight is 190 g/mol. The first-order valence-corrected chi connectivity index (χ1v) is 4.26. The summed E-state index contributed by atoms with van der Waals surface area (Å²) in [6.45, 7) is 0.153. The fraction of sp³-hybridized carbons (Fsp3) is 0.200.